The molecule has 4 aromatic rings. The van der Waals surface area contributed by atoms with Crippen LogP contribution in [0.15, 0.2) is 54.7 Å². The number of pyridine rings is 1. The van der Waals surface area contributed by atoms with Crippen LogP contribution < -0.4 is 16.0 Å². The molecule has 5 aliphatic rings. The van der Waals surface area contributed by atoms with Crippen molar-refractivity contribution in [2.24, 2.45) is 11.3 Å². The van der Waals surface area contributed by atoms with Crippen LogP contribution in [0.25, 0.3) is 10.9 Å². The van der Waals surface area contributed by atoms with E-state index in [1.54, 1.807) is 38.1 Å². The Morgan fingerprint density at radius 1 is 0.938 bits per heavy atom. The second-order valence-electron chi connectivity index (χ2n) is 19.3. The average molecular weight is 883 g/mol. The van der Waals surface area contributed by atoms with Gasteiger partial charge in [0.1, 0.15) is 17.4 Å². The molecule has 2 aliphatic heterocycles. The maximum atomic E-state index is 13.6. The number of nitrogens with zero attached hydrogens (tertiary/aromatic N) is 5. The standard InChI is InChI=1S/C47H53F3N8O6/c1-45(2,64)32-20-27-25-57(55-35(27)21-36(32)53-41(60)34-8-5-9-38(52-34)47(48,49)50)30-12-10-26(11-13-30)24-56(3)29-16-18-46(19-17-29)22-28(23-46)51-33-7-4-6-31-40(33)44(63)58(43(31)62)37-14-15-39(59)54-42(37)61/h4-9,20-21,25-26,28-30,37,51,64H,10-19,22-24H2,1-3H3,(H,53,60)(H,54,59,61)/t26-,28?,29?,30-,37?,46?. The number of anilines is 2. The maximum Gasteiger partial charge on any atom is 0.433 e. The third-order valence-corrected chi connectivity index (χ3v) is 14.4. The van der Waals surface area contributed by atoms with Crippen molar-refractivity contribution in [2.45, 2.75) is 127 Å². The zero-order valence-electron chi connectivity index (χ0n) is 36.1. The molecule has 1 unspecified atom stereocenters. The normalized spacial score (nSPS) is 26.3. The monoisotopic (exact) mass is 882 g/mol. The molecule has 4 N–H and O–H groups in total. The smallest absolute Gasteiger partial charge is 0.386 e. The first-order chi connectivity index (χ1) is 30.4. The Bertz CT molecular complexity index is 2530. The van der Waals surface area contributed by atoms with E-state index in [1.807, 2.05) is 16.9 Å². The van der Waals surface area contributed by atoms with Crippen molar-refractivity contribution in [3.05, 3.63) is 82.8 Å². The van der Waals surface area contributed by atoms with Gasteiger partial charge in [-0.3, -0.25) is 38.9 Å². The number of rotatable bonds is 10. The van der Waals surface area contributed by atoms with Crippen molar-refractivity contribution < 1.29 is 42.3 Å². The van der Waals surface area contributed by atoms with Crippen molar-refractivity contribution in [1.82, 2.24) is 29.9 Å². The van der Waals surface area contributed by atoms with Crippen LogP contribution in [0.4, 0.5) is 24.5 Å². The molecule has 0 radical (unpaired) electrons. The van der Waals surface area contributed by atoms with Crippen LogP contribution in [0.2, 0.25) is 0 Å². The molecule has 64 heavy (non-hydrogen) atoms. The van der Waals surface area contributed by atoms with Gasteiger partial charge in [0.05, 0.1) is 28.3 Å². The van der Waals surface area contributed by atoms with Crippen molar-refractivity contribution >= 4 is 51.8 Å². The lowest BCUT2D eigenvalue weighted by Gasteiger charge is -2.53. The largest absolute Gasteiger partial charge is 0.433 e. The van der Waals surface area contributed by atoms with E-state index in [0.717, 1.165) is 93.2 Å². The Hall–Kier alpha value is -5.68. The number of amides is 5. The Kier molecular flexibility index (Phi) is 11.2. The third kappa shape index (κ3) is 8.39. The summed E-state index contributed by atoms with van der Waals surface area (Å²) in [5, 5.41) is 25.1. The van der Waals surface area contributed by atoms with Gasteiger partial charge < -0.3 is 20.6 Å². The summed E-state index contributed by atoms with van der Waals surface area (Å²) in [6.45, 7) is 4.19. The molecule has 4 heterocycles. The van der Waals surface area contributed by atoms with Gasteiger partial charge in [-0.15, -0.1) is 0 Å². The van der Waals surface area contributed by atoms with E-state index in [2.05, 4.69) is 32.9 Å². The number of fused-ring (bicyclic) bond motifs is 2. The molecule has 338 valence electrons. The number of carbonyl (C=O) groups excluding carboxylic acids is 5. The summed E-state index contributed by atoms with van der Waals surface area (Å²) in [7, 11) is 2.24. The van der Waals surface area contributed by atoms with E-state index in [-0.39, 0.29) is 41.6 Å². The summed E-state index contributed by atoms with van der Waals surface area (Å²) in [4.78, 5) is 71.3. The minimum absolute atomic E-state index is 0.0751. The highest BCUT2D eigenvalue weighted by Crippen LogP contribution is 2.53. The molecule has 2 aromatic carbocycles. The summed E-state index contributed by atoms with van der Waals surface area (Å²) in [5.74, 6) is -2.30. The van der Waals surface area contributed by atoms with Gasteiger partial charge >= 0.3 is 6.18 Å². The molecule has 17 heteroatoms. The van der Waals surface area contributed by atoms with E-state index in [1.165, 1.54) is 6.07 Å². The van der Waals surface area contributed by atoms with Gasteiger partial charge in [0.2, 0.25) is 11.8 Å². The van der Waals surface area contributed by atoms with E-state index in [4.69, 9.17) is 5.10 Å². The lowest BCUT2D eigenvalue weighted by Crippen LogP contribution is -2.54. The number of hydrogen-bond acceptors (Lipinski definition) is 10. The van der Waals surface area contributed by atoms with Crippen molar-refractivity contribution in [3.63, 3.8) is 0 Å². The van der Waals surface area contributed by atoms with Gasteiger partial charge in [0.15, 0.2) is 0 Å². The number of aliphatic hydroxyl groups is 1. The third-order valence-electron chi connectivity index (χ3n) is 14.4. The van der Waals surface area contributed by atoms with Crippen LogP contribution in [0.5, 0.6) is 0 Å². The quantitative estimate of drug-likeness (QED) is 0.119. The SMILES string of the molecule is CN(C[C@H]1CC[C@H](n2cc3cc(C(C)(C)O)c(NC(=O)c4cccc(C(F)(F)F)n4)cc3n2)CC1)C1CCC2(CC1)CC(Nc1cccc3c1C(=O)N(C1CCC(=O)NC1=O)C3=O)C2. The number of nitrogens with one attached hydrogen (secondary N) is 3. The van der Waals surface area contributed by atoms with Gasteiger partial charge in [0.25, 0.3) is 17.7 Å². The number of carbonyl (C=O) groups is 5. The zero-order valence-corrected chi connectivity index (χ0v) is 36.1. The lowest BCUT2D eigenvalue weighted by molar-refractivity contribution is -0.141. The number of aromatic nitrogens is 3. The zero-order chi connectivity index (χ0) is 45.3. The molecule has 1 spiro atoms. The number of halogens is 3. The summed E-state index contributed by atoms with van der Waals surface area (Å²) >= 11 is 0. The van der Waals surface area contributed by atoms with Gasteiger partial charge in [-0.25, -0.2) is 4.98 Å². The predicted molar refractivity (Wildman–Crippen MR) is 230 cm³/mol. The van der Waals surface area contributed by atoms with Gasteiger partial charge in [0, 0.05) is 53.6 Å². The molecule has 1 saturated heterocycles. The fraction of sp³-hybridized carbons (Fsp3) is 0.511. The highest BCUT2D eigenvalue weighted by atomic mass is 19.4. The number of alkyl halides is 3. The summed E-state index contributed by atoms with van der Waals surface area (Å²) in [6, 6.07) is 11.6. The lowest BCUT2D eigenvalue weighted by atomic mass is 9.57. The number of benzene rings is 2. The summed E-state index contributed by atoms with van der Waals surface area (Å²) in [6.07, 6.45) is 7.97. The Balaban J connectivity index is 0.759. The second kappa shape index (κ2) is 16.4. The van der Waals surface area contributed by atoms with Gasteiger partial charge in [-0.05, 0) is 139 Å². The summed E-state index contributed by atoms with van der Waals surface area (Å²) < 4.78 is 41.8. The number of imide groups is 2. The average Bonchev–Trinajstić information content (AvgIpc) is 3.77. The van der Waals surface area contributed by atoms with E-state index in [0.29, 0.717) is 34.3 Å². The maximum absolute atomic E-state index is 13.6. The molecule has 4 fully saturated rings. The molecule has 0 bridgehead atoms. The van der Waals surface area contributed by atoms with Crippen LogP contribution in [0.3, 0.4) is 0 Å². The molecule has 3 saturated carbocycles. The summed E-state index contributed by atoms with van der Waals surface area (Å²) in [5.41, 5.74) is -0.235. The first-order valence-electron chi connectivity index (χ1n) is 22.3. The van der Waals surface area contributed by atoms with Crippen molar-refractivity contribution in [3.8, 4) is 0 Å². The van der Waals surface area contributed by atoms with Crippen LogP contribution in [0.1, 0.15) is 139 Å². The first-order valence-corrected chi connectivity index (χ1v) is 22.3. The Labute approximate surface area is 368 Å². The van der Waals surface area contributed by atoms with E-state index < -0.39 is 58.7 Å². The molecule has 5 amide bonds. The molecule has 2 aromatic heterocycles. The molecule has 9 rings (SSSR count). The molecule has 14 nitrogen and oxygen atoms in total. The predicted octanol–water partition coefficient (Wildman–Crippen LogP) is 7.20. The molecule has 3 aliphatic carbocycles. The fourth-order valence-corrected chi connectivity index (χ4v) is 10.9. The van der Waals surface area contributed by atoms with Crippen LogP contribution in [0, 0.1) is 11.3 Å². The van der Waals surface area contributed by atoms with Crippen molar-refractivity contribution in [2.75, 3.05) is 24.2 Å². The van der Waals surface area contributed by atoms with Crippen LogP contribution in [-0.4, -0.2) is 90.9 Å². The Morgan fingerprint density at radius 2 is 1.66 bits per heavy atom. The minimum Gasteiger partial charge on any atom is -0.386 e. The highest BCUT2D eigenvalue weighted by molar-refractivity contribution is 6.25. The van der Waals surface area contributed by atoms with Crippen molar-refractivity contribution in [1.29, 1.82) is 0 Å². The van der Waals surface area contributed by atoms with E-state index in [9.17, 15) is 42.3 Å². The minimum atomic E-state index is -4.70. The first kappa shape index (κ1) is 43.6. The fourth-order valence-electron chi connectivity index (χ4n) is 10.9. The Morgan fingerprint density at radius 3 is 2.34 bits per heavy atom. The molecular weight excluding hydrogens is 830 g/mol. The van der Waals surface area contributed by atoms with Crippen LogP contribution >= 0.6 is 0 Å². The number of piperidine rings is 1. The molecular formula is C47H53F3N8O6. The van der Waals surface area contributed by atoms with Gasteiger partial charge in [-0.1, -0.05) is 12.1 Å². The van der Waals surface area contributed by atoms with E-state index >= 15 is 0 Å². The molecule has 1 atom stereocenters. The second-order valence-corrected chi connectivity index (χ2v) is 19.3. The number of hydrogen-bond donors (Lipinski definition) is 4. The topological polar surface area (TPSA) is 179 Å². The van der Waals surface area contributed by atoms with Gasteiger partial charge in [-0.2, -0.15) is 18.3 Å². The van der Waals surface area contributed by atoms with Crippen LogP contribution in [-0.2, 0) is 21.4 Å². The highest BCUT2D eigenvalue weighted by Gasteiger charge is 2.49.